The Morgan fingerprint density at radius 3 is 2.80 bits per heavy atom. The lowest BCUT2D eigenvalue weighted by Gasteiger charge is -2.12. The smallest absolute Gasteiger partial charge is 0.252 e. The van der Waals surface area contributed by atoms with Crippen LogP contribution in [-0.4, -0.2) is 24.3 Å². The number of hydrogen-bond acceptors (Lipinski definition) is 5. The van der Waals surface area contributed by atoms with Crippen molar-refractivity contribution in [2.24, 2.45) is 21.6 Å². The van der Waals surface area contributed by atoms with Gasteiger partial charge < -0.3 is 16.3 Å². The molecule has 0 aromatic rings. The minimum Gasteiger partial charge on any atom is -0.339 e. The fraction of sp³-hybridized carbons (Fsp3) is 0.600. The van der Waals surface area contributed by atoms with Crippen molar-refractivity contribution in [3.8, 4) is 0 Å². The molecule has 56 valence electrons. The summed E-state index contributed by atoms with van der Waals surface area (Å²) in [6, 6.07) is 0.0124. The summed E-state index contributed by atoms with van der Waals surface area (Å²) in [5.41, 5.74) is 10.6. The maximum Gasteiger partial charge on any atom is 0.252 e. The van der Waals surface area contributed by atoms with E-state index < -0.39 is 6.17 Å². The highest BCUT2D eigenvalue weighted by atomic mass is 16.6. The molecule has 5 heteroatoms. The summed E-state index contributed by atoms with van der Waals surface area (Å²) >= 11 is 0. The van der Waals surface area contributed by atoms with Crippen LogP contribution in [0, 0.1) is 0 Å². The van der Waals surface area contributed by atoms with Gasteiger partial charge in [-0.05, 0) is 6.92 Å². The molecule has 1 unspecified atom stereocenters. The van der Waals surface area contributed by atoms with Gasteiger partial charge >= 0.3 is 0 Å². The van der Waals surface area contributed by atoms with E-state index in [-0.39, 0.29) is 11.9 Å². The first-order valence-electron chi connectivity index (χ1n) is 2.99. The Kier molecular flexibility index (Phi) is 1.98. The van der Waals surface area contributed by atoms with Crippen molar-refractivity contribution in [2.45, 2.75) is 19.1 Å². The van der Waals surface area contributed by atoms with Gasteiger partial charge in [-0.15, -0.1) is 0 Å². The Labute approximate surface area is 58.7 Å². The quantitative estimate of drug-likeness (QED) is 0.462. The number of hydrogen-bond donors (Lipinski definition) is 2. The van der Waals surface area contributed by atoms with Crippen molar-refractivity contribution in [2.75, 3.05) is 0 Å². The molecule has 5 nitrogen and oxygen atoms in total. The van der Waals surface area contributed by atoms with Crippen LogP contribution in [0.4, 0.5) is 0 Å². The summed E-state index contributed by atoms with van der Waals surface area (Å²) in [5.74, 6) is 0.287. The van der Waals surface area contributed by atoms with Crippen LogP contribution in [0.5, 0.6) is 0 Å². The van der Waals surface area contributed by atoms with Crippen LogP contribution < -0.4 is 11.5 Å². The van der Waals surface area contributed by atoms with E-state index >= 15 is 0 Å². The van der Waals surface area contributed by atoms with E-state index in [4.69, 9.17) is 11.5 Å². The Hall–Kier alpha value is -0.940. The monoisotopic (exact) mass is 142 g/mol. The molecule has 0 saturated heterocycles. The molecule has 0 aromatic carbocycles. The number of aliphatic imine (C=N–C) groups is 1. The van der Waals surface area contributed by atoms with E-state index in [1.54, 1.807) is 6.21 Å². The molecule has 1 aliphatic rings. The second-order valence-corrected chi connectivity index (χ2v) is 2.08. The normalized spacial score (nSPS) is 24.4. The largest absolute Gasteiger partial charge is 0.339 e. The van der Waals surface area contributed by atoms with Crippen LogP contribution >= 0.6 is 0 Å². The van der Waals surface area contributed by atoms with Gasteiger partial charge in [-0.25, -0.2) is 4.99 Å². The Morgan fingerprint density at radius 1 is 1.70 bits per heavy atom. The SMILES string of the molecule is CC1C=NOC(C(N)N)=N1. The molecule has 0 bridgehead atoms. The lowest BCUT2D eigenvalue weighted by molar-refractivity contribution is 0.303. The van der Waals surface area contributed by atoms with E-state index in [1.807, 2.05) is 6.92 Å². The number of oxime groups is 1. The minimum atomic E-state index is -0.667. The van der Waals surface area contributed by atoms with Crippen LogP contribution in [0.1, 0.15) is 6.92 Å². The predicted octanol–water partition coefficient (Wildman–Crippen LogP) is -0.967. The third kappa shape index (κ3) is 1.52. The summed E-state index contributed by atoms with van der Waals surface area (Å²) in [6.07, 6.45) is 0.909. The van der Waals surface area contributed by atoms with Gasteiger partial charge in [0, 0.05) is 0 Å². The highest BCUT2D eigenvalue weighted by Crippen LogP contribution is 1.97. The second-order valence-electron chi connectivity index (χ2n) is 2.08. The third-order valence-electron chi connectivity index (χ3n) is 1.04. The lowest BCUT2D eigenvalue weighted by atomic mass is 10.4. The molecule has 4 N–H and O–H groups in total. The average molecular weight is 142 g/mol. The first kappa shape index (κ1) is 7.17. The maximum atomic E-state index is 5.28. The lowest BCUT2D eigenvalue weighted by Crippen LogP contribution is -2.41. The fourth-order valence-corrected chi connectivity index (χ4v) is 0.577. The minimum absolute atomic E-state index is 0.0124. The predicted molar refractivity (Wildman–Crippen MR) is 38.6 cm³/mol. The topological polar surface area (TPSA) is 86.0 Å². The zero-order valence-corrected chi connectivity index (χ0v) is 5.69. The Bertz CT molecular complexity index is 174. The summed E-state index contributed by atoms with van der Waals surface area (Å²) in [5, 5.41) is 3.54. The molecule has 1 aliphatic heterocycles. The van der Waals surface area contributed by atoms with Crippen molar-refractivity contribution >= 4 is 12.1 Å². The standard InChI is InChI=1S/C5H10N4O/c1-3-2-8-10-5(9-3)4(6)7/h2-4H,6-7H2,1H3. The summed E-state index contributed by atoms with van der Waals surface area (Å²) < 4.78 is 0. The molecule has 1 atom stereocenters. The molecule has 0 aromatic heterocycles. The van der Waals surface area contributed by atoms with E-state index in [2.05, 4.69) is 15.0 Å². The van der Waals surface area contributed by atoms with Gasteiger partial charge in [0.05, 0.1) is 12.3 Å². The molecule has 0 amide bonds. The van der Waals surface area contributed by atoms with Gasteiger partial charge in [-0.2, -0.15) is 0 Å². The van der Waals surface area contributed by atoms with Gasteiger partial charge in [-0.1, -0.05) is 5.16 Å². The van der Waals surface area contributed by atoms with Crippen molar-refractivity contribution in [3.05, 3.63) is 0 Å². The molecule has 0 fully saturated rings. The van der Waals surface area contributed by atoms with Crippen molar-refractivity contribution < 1.29 is 4.84 Å². The van der Waals surface area contributed by atoms with E-state index in [1.165, 1.54) is 0 Å². The van der Waals surface area contributed by atoms with E-state index in [9.17, 15) is 0 Å². The number of nitrogens with zero attached hydrogens (tertiary/aromatic N) is 2. The molecule has 1 heterocycles. The van der Waals surface area contributed by atoms with E-state index in [0.29, 0.717) is 0 Å². The maximum absolute atomic E-state index is 5.28. The van der Waals surface area contributed by atoms with Crippen LogP contribution in [0.3, 0.4) is 0 Å². The molecule has 0 radical (unpaired) electrons. The summed E-state index contributed by atoms with van der Waals surface area (Å²) in [4.78, 5) is 8.66. The Morgan fingerprint density at radius 2 is 2.40 bits per heavy atom. The van der Waals surface area contributed by atoms with Crippen molar-refractivity contribution in [1.29, 1.82) is 0 Å². The fourth-order valence-electron chi connectivity index (χ4n) is 0.577. The molecular formula is C5H10N4O. The highest BCUT2D eigenvalue weighted by molar-refractivity contribution is 5.85. The second kappa shape index (κ2) is 2.76. The van der Waals surface area contributed by atoms with Crippen LogP contribution in [0.15, 0.2) is 10.1 Å². The molecule has 1 rings (SSSR count). The molecule has 10 heavy (non-hydrogen) atoms. The zero-order valence-electron chi connectivity index (χ0n) is 5.69. The van der Waals surface area contributed by atoms with Gasteiger partial charge in [-0.3, -0.25) is 0 Å². The van der Waals surface area contributed by atoms with Gasteiger partial charge in [0.1, 0.15) is 6.17 Å². The third-order valence-corrected chi connectivity index (χ3v) is 1.04. The molecule has 0 spiro atoms. The van der Waals surface area contributed by atoms with Crippen LogP contribution in [-0.2, 0) is 4.84 Å². The first-order chi connectivity index (χ1) is 4.70. The number of rotatable bonds is 1. The highest BCUT2D eigenvalue weighted by Gasteiger charge is 2.12. The van der Waals surface area contributed by atoms with Gasteiger partial charge in [0.25, 0.3) is 5.90 Å². The molecular weight excluding hydrogens is 132 g/mol. The van der Waals surface area contributed by atoms with Crippen LogP contribution in [0.25, 0.3) is 0 Å². The number of nitrogens with two attached hydrogens (primary N) is 2. The van der Waals surface area contributed by atoms with E-state index in [0.717, 1.165) is 0 Å². The average Bonchev–Trinajstić information content (AvgIpc) is 1.88. The summed E-state index contributed by atoms with van der Waals surface area (Å²) in [6.45, 7) is 1.87. The zero-order chi connectivity index (χ0) is 7.56. The first-order valence-corrected chi connectivity index (χ1v) is 2.99. The van der Waals surface area contributed by atoms with Crippen molar-refractivity contribution in [3.63, 3.8) is 0 Å². The Balaban J connectivity index is 2.62. The van der Waals surface area contributed by atoms with Gasteiger partial charge in [0.15, 0.2) is 0 Å². The summed E-state index contributed by atoms with van der Waals surface area (Å²) in [7, 11) is 0. The molecule has 0 saturated carbocycles. The van der Waals surface area contributed by atoms with Gasteiger partial charge in [0.2, 0.25) is 0 Å². The van der Waals surface area contributed by atoms with Crippen molar-refractivity contribution in [1.82, 2.24) is 0 Å². The molecule has 0 aliphatic carbocycles. The van der Waals surface area contributed by atoms with Crippen LogP contribution in [0.2, 0.25) is 0 Å².